The third kappa shape index (κ3) is 3.59. The lowest BCUT2D eigenvalue weighted by atomic mass is 10.1. The number of carbonyl (C=O) groups excluding carboxylic acids is 1. The van der Waals surface area contributed by atoms with Gasteiger partial charge in [0.1, 0.15) is 17.2 Å². The summed E-state index contributed by atoms with van der Waals surface area (Å²) >= 11 is 3.50. The average Bonchev–Trinajstić information content (AvgIpc) is 3.26. The first-order valence-electron chi connectivity index (χ1n) is 9.81. The van der Waals surface area contributed by atoms with Gasteiger partial charge in [-0.3, -0.25) is 9.20 Å². The molecule has 5 rings (SSSR count). The Labute approximate surface area is 186 Å². The average molecular weight is 484 g/mol. The minimum Gasteiger partial charge on any atom is -0.495 e. The first-order valence-corrected chi connectivity index (χ1v) is 10.6. The molecule has 1 saturated carbocycles. The summed E-state index contributed by atoms with van der Waals surface area (Å²) in [7, 11) is 1.61. The monoisotopic (exact) mass is 483 g/mol. The summed E-state index contributed by atoms with van der Waals surface area (Å²) in [4.78, 5) is 16.9. The van der Waals surface area contributed by atoms with Gasteiger partial charge in [0.2, 0.25) is 0 Å². The van der Waals surface area contributed by atoms with Gasteiger partial charge in [-0.2, -0.15) is 5.10 Å². The molecule has 3 aromatic heterocycles. The Bertz CT molecular complexity index is 1330. The predicted octanol–water partition coefficient (Wildman–Crippen LogP) is 4.30. The van der Waals surface area contributed by atoms with Gasteiger partial charge in [-0.1, -0.05) is 0 Å². The fraction of sp³-hybridized carbons (Fsp3) is 0.227. The zero-order chi connectivity index (χ0) is 21.7. The van der Waals surface area contributed by atoms with Crippen LogP contribution in [0.1, 0.15) is 28.8 Å². The van der Waals surface area contributed by atoms with E-state index in [1.807, 2.05) is 22.9 Å². The van der Waals surface area contributed by atoms with Crippen LogP contribution in [0, 0.1) is 12.7 Å². The number of carbonyl (C=O) groups is 1. The van der Waals surface area contributed by atoms with Crippen LogP contribution in [0.3, 0.4) is 0 Å². The van der Waals surface area contributed by atoms with Crippen molar-refractivity contribution in [3.05, 3.63) is 64.4 Å². The van der Waals surface area contributed by atoms with E-state index in [1.165, 1.54) is 6.07 Å². The van der Waals surface area contributed by atoms with Crippen LogP contribution >= 0.6 is 15.9 Å². The number of nitrogens with one attached hydrogen (secondary N) is 1. The molecule has 1 fully saturated rings. The predicted molar refractivity (Wildman–Crippen MR) is 117 cm³/mol. The number of pyridine rings is 1. The molecule has 0 radical (unpaired) electrons. The van der Waals surface area contributed by atoms with Gasteiger partial charge in [-0.05, 0) is 53.4 Å². The number of methoxy groups -OCH3 is 1. The van der Waals surface area contributed by atoms with E-state index in [1.54, 1.807) is 37.2 Å². The van der Waals surface area contributed by atoms with Crippen LogP contribution in [0.25, 0.3) is 22.6 Å². The number of benzene rings is 1. The van der Waals surface area contributed by atoms with Crippen LogP contribution in [-0.2, 0) is 0 Å². The Balaban J connectivity index is 1.53. The molecule has 1 amide bonds. The molecule has 31 heavy (non-hydrogen) atoms. The molecule has 0 spiro atoms. The van der Waals surface area contributed by atoms with E-state index in [4.69, 9.17) is 4.74 Å². The van der Waals surface area contributed by atoms with Crippen LogP contribution in [0.2, 0.25) is 0 Å². The van der Waals surface area contributed by atoms with E-state index in [0.29, 0.717) is 17.0 Å². The SMILES string of the molecule is COc1cc2ncc(-c3cnn(-c4cc(C(=O)NC5CC5)c(F)cc4C)c3)n2cc1Br. The van der Waals surface area contributed by atoms with E-state index in [0.717, 1.165) is 34.2 Å². The Morgan fingerprint density at radius 2 is 2.06 bits per heavy atom. The van der Waals surface area contributed by atoms with E-state index in [9.17, 15) is 9.18 Å². The molecule has 1 aliphatic rings. The second-order valence-corrected chi connectivity index (χ2v) is 8.46. The molecule has 1 aromatic carbocycles. The summed E-state index contributed by atoms with van der Waals surface area (Å²) < 4.78 is 24.2. The van der Waals surface area contributed by atoms with Gasteiger partial charge >= 0.3 is 0 Å². The zero-order valence-corrected chi connectivity index (χ0v) is 18.5. The third-order valence-corrected chi connectivity index (χ3v) is 5.95. The molecule has 1 aliphatic carbocycles. The molecule has 0 bridgehead atoms. The normalized spacial score (nSPS) is 13.5. The number of nitrogens with zero attached hydrogens (tertiary/aromatic N) is 4. The lowest BCUT2D eigenvalue weighted by molar-refractivity contribution is 0.0947. The van der Waals surface area contributed by atoms with Gasteiger partial charge in [-0.25, -0.2) is 14.1 Å². The van der Waals surface area contributed by atoms with Crippen molar-refractivity contribution in [2.24, 2.45) is 0 Å². The minimum atomic E-state index is -0.535. The second-order valence-electron chi connectivity index (χ2n) is 7.60. The third-order valence-electron chi connectivity index (χ3n) is 5.35. The number of aryl methyl sites for hydroxylation is 1. The Morgan fingerprint density at radius 1 is 1.26 bits per heavy atom. The summed E-state index contributed by atoms with van der Waals surface area (Å²) in [5.74, 6) is -0.235. The first kappa shape index (κ1) is 19.7. The number of ether oxygens (including phenoxy) is 1. The molecule has 7 nitrogen and oxygen atoms in total. The molecule has 4 aromatic rings. The highest BCUT2D eigenvalue weighted by Gasteiger charge is 2.25. The number of amides is 1. The Hall–Kier alpha value is -3.20. The van der Waals surface area contributed by atoms with Crippen LogP contribution in [0.15, 0.2) is 47.5 Å². The summed E-state index contributed by atoms with van der Waals surface area (Å²) in [5, 5.41) is 7.29. The number of aromatic nitrogens is 4. The molecule has 0 aliphatic heterocycles. The summed E-state index contributed by atoms with van der Waals surface area (Å²) in [6, 6.07) is 4.92. The fourth-order valence-corrected chi connectivity index (χ4v) is 3.99. The highest BCUT2D eigenvalue weighted by Crippen LogP contribution is 2.30. The number of hydrogen-bond donors (Lipinski definition) is 1. The number of rotatable bonds is 5. The van der Waals surface area contributed by atoms with Gasteiger partial charge in [-0.15, -0.1) is 0 Å². The standard InChI is InChI=1S/C22H19BrFN5O2/c1-12-5-17(24)15(22(30)27-14-3-4-14)6-18(12)29-10-13(8-26-29)19-9-25-21-7-20(31-2)16(23)11-28(19)21/h5-11,14H,3-4H2,1-2H3,(H,27,30). The number of halogens is 2. The van der Waals surface area contributed by atoms with Crippen LogP contribution in [0.4, 0.5) is 4.39 Å². The van der Waals surface area contributed by atoms with Crippen molar-refractivity contribution in [3.63, 3.8) is 0 Å². The molecule has 0 atom stereocenters. The second kappa shape index (κ2) is 7.49. The van der Waals surface area contributed by atoms with Crippen LogP contribution in [0.5, 0.6) is 5.75 Å². The van der Waals surface area contributed by atoms with Crippen molar-refractivity contribution in [2.45, 2.75) is 25.8 Å². The van der Waals surface area contributed by atoms with Crippen molar-refractivity contribution < 1.29 is 13.9 Å². The maximum Gasteiger partial charge on any atom is 0.254 e. The topological polar surface area (TPSA) is 73.5 Å². The zero-order valence-electron chi connectivity index (χ0n) is 16.9. The molecular weight excluding hydrogens is 465 g/mol. The van der Waals surface area contributed by atoms with Crippen LogP contribution in [-0.4, -0.2) is 38.2 Å². The molecule has 1 N–H and O–H groups in total. The lowest BCUT2D eigenvalue weighted by Crippen LogP contribution is -2.26. The maximum absolute atomic E-state index is 14.5. The highest BCUT2D eigenvalue weighted by atomic mass is 79.9. The fourth-order valence-electron chi connectivity index (χ4n) is 3.51. The van der Waals surface area contributed by atoms with E-state index >= 15 is 0 Å². The van der Waals surface area contributed by atoms with Gasteiger partial charge in [0.25, 0.3) is 5.91 Å². The Morgan fingerprint density at radius 3 is 2.81 bits per heavy atom. The molecule has 158 valence electrons. The van der Waals surface area contributed by atoms with Gasteiger partial charge in [0, 0.05) is 30.1 Å². The maximum atomic E-state index is 14.5. The summed E-state index contributed by atoms with van der Waals surface area (Å²) in [5.41, 5.74) is 3.76. The Kier molecular flexibility index (Phi) is 4.77. The lowest BCUT2D eigenvalue weighted by Gasteiger charge is -2.11. The number of hydrogen-bond acceptors (Lipinski definition) is 4. The summed E-state index contributed by atoms with van der Waals surface area (Å²) in [6.45, 7) is 1.79. The van der Waals surface area contributed by atoms with Gasteiger partial charge in [0.05, 0.1) is 40.9 Å². The van der Waals surface area contributed by atoms with Crippen LogP contribution < -0.4 is 10.1 Å². The molecule has 0 unspecified atom stereocenters. The van der Waals surface area contributed by atoms with Crippen molar-refractivity contribution in [1.29, 1.82) is 0 Å². The van der Waals surface area contributed by atoms with E-state index in [-0.39, 0.29) is 11.6 Å². The highest BCUT2D eigenvalue weighted by molar-refractivity contribution is 9.10. The van der Waals surface area contributed by atoms with Gasteiger partial charge in [0.15, 0.2) is 0 Å². The first-order chi connectivity index (χ1) is 14.9. The van der Waals surface area contributed by atoms with Crippen molar-refractivity contribution in [2.75, 3.05) is 7.11 Å². The van der Waals surface area contributed by atoms with E-state index in [2.05, 4.69) is 31.3 Å². The van der Waals surface area contributed by atoms with Gasteiger partial charge < -0.3 is 10.1 Å². The minimum absolute atomic E-state index is 0.0235. The molecule has 3 heterocycles. The van der Waals surface area contributed by atoms with Crippen molar-refractivity contribution >= 4 is 27.5 Å². The van der Waals surface area contributed by atoms with E-state index < -0.39 is 11.7 Å². The number of fused-ring (bicyclic) bond motifs is 1. The van der Waals surface area contributed by atoms with Crippen molar-refractivity contribution in [3.8, 4) is 22.7 Å². The molecule has 9 heteroatoms. The largest absolute Gasteiger partial charge is 0.495 e. The molecule has 0 saturated heterocycles. The van der Waals surface area contributed by atoms with Crippen molar-refractivity contribution in [1.82, 2.24) is 24.5 Å². The summed E-state index contributed by atoms with van der Waals surface area (Å²) in [6.07, 6.45) is 9.08. The quantitative estimate of drug-likeness (QED) is 0.459. The molecular formula is C22H19BrFN5O2. The number of imidazole rings is 1. The smallest absolute Gasteiger partial charge is 0.254 e.